The summed E-state index contributed by atoms with van der Waals surface area (Å²) >= 11 is 0. The number of ether oxygens (including phenoxy) is 1. The van der Waals surface area contributed by atoms with Crippen LogP contribution in [0.5, 0.6) is 5.75 Å². The number of nitrogens with zero attached hydrogens (tertiary/aromatic N) is 2. The molecule has 0 atom stereocenters. The quantitative estimate of drug-likeness (QED) is 0.805. The van der Waals surface area contributed by atoms with E-state index in [4.69, 9.17) is 10.00 Å². The van der Waals surface area contributed by atoms with Gasteiger partial charge in [0.1, 0.15) is 0 Å². The summed E-state index contributed by atoms with van der Waals surface area (Å²) in [5, 5.41) is 8.99. The van der Waals surface area contributed by atoms with Crippen LogP contribution in [0.3, 0.4) is 0 Å². The van der Waals surface area contributed by atoms with Crippen LogP contribution in [0.2, 0.25) is 0 Å². The topological polar surface area (TPSA) is 36.3 Å². The Balaban J connectivity index is 2.85. The number of hydrogen-bond donors (Lipinski definition) is 0. The van der Waals surface area contributed by atoms with Gasteiger partial charge in [-0.3, -0.25) is 0 Å². The van der Waals surface area contributed by atoms with Crippen LogP contribution in [0.1, 0.15) is 20.8 Å². The van der Waals surface area contributed by atoms with Crippen LogP contribution in [0.25, 0.3) is 0 Å². The zero-order valence-electron chi connectivity index (χ0n) is 11.3. The molecule has 4 heteroatoms. The smallest absolute Gasteiger partial charge is 0.167 e. The van der Waals surface area contributed by atoms with E-state index < -0.39 is 5.41 Å². The third-order valence-electron chi connectivity index (χ3n) is 2.59. The second-order valence-corrected chi connectivity index (χ2v) is 4.90. The molecule has 0 saturated heterocycles. The highest BCUT2D eigenvalue weighted by atomic mass is 19.1. The number of nitriles is 1. The van der Waals surface area contributed by atoms with Gasteiger partial charge in [-0.15, -0.1) is 0 Å². The van der Waals surface area contributed by atoms with Gasteiger partial charge in [0, 0.05) is 25.3 Å². The normalized spacial score (nSPS) is 10.9. The summed E-state index contributed by atoms with van der Waals surface area (Å²) in [6.45, 7) is 6.50. The van der Waals surface area contributed by atoms with Gasteiger partial charge in [0.15, 0.2) is 11.6 Å². The largest absolute Gasteiger partial charge is 0.491 e. The molecule has 3 nitrogen and oxygen atoms in total. The Hall–Kier alpha value is -1.76. The summed E-state index contributed by atoms with van der Waals surface area (Å²) in [6, 6.07) is 7.07. The molecule has 0 radical (unpaired) electrons. The van der Waals surface area contributed by atoms with Gasteiger partial charge in [-0.25, -0.2) is 4.39 Å². The summed E-state index contributed by atoms with van der Waals surface area (Å²) in [5.74, 6) is -0.120. The number of rotatable bonds is 5. The van der Waals surface area contributed by atoms with Crippen LogP contribution < -0.4 is 9.64 Å². The molecule has 0 aromatic heterocycles. The fourth-order valence-corrected chi connectivity index (χ4v) is 1.72. The van der Waals surface area contributed by atoms with Crippen molar-refractivity contribution in [1.82, 2.24) is 0 Å². The molecule has 0 aliphatic carbocycles. The number of benzene rings is 1. The van der Waals surface area contributed by atoms with E-state index in [1.807, 2.05) is 32.7 Å². The maximum Gasteiger partial charge on any atom is 0.167 e. The summed E-state index contributed by atoms with van der Waals surface area (Å²) < 4.78 is 18.8. The van der Waals surface area contributed by atoms with Crippen molar-refractivity contribution < 1.29 is 9.13 Å². The molecular weight excluding hydrogens is 231 g/mol. The van der Waals surface area contributed by atoms with Crippen LogP contribution in [-0.2, 0) is 0 Å². The average molecular weight is 250 g/mol. The molecule has 0 N–H and O–H groups in total. The highest BCUT2D eigenvalue weighted by Gasteiger charge is 2.20. The highest BCUT2D eigenvalue weighted by Crippen LogP contribution is 2.25. The zero-order chi connectivity index (χ0) is 13.8. The molecule has 1 aromatic rings. The van der Waals surface area contributed by atoms with Crippen LogP contribution in [0.4, 0.5) is 10.1 Å². The van der Waals surface area contributed by atoms with E-state index in [-0.39, 0.29) is 11.6 Å². The van der Waals surface area contributed by atoms with Crippen molar-refractivity contribution in [2.24, 2.45) is 5.41 Å². The van der Waals surface area contributed by atoms with Gasteiger partial charge < -0.3 is 9.64 Å². The minimum atomic E-state index is -0.468. The molecule has 0 aliphatic rings. The lowest BCUT2D eigenvalue weighted by atomic mass is 9.95. The fourth-order valence-electron chi connectivity index (χ4n) is 1.72. The van der Waals surface area contributed by atoms with Crippen LogP contribution in [0, 0.1) is 22.6 Å². The van der Waals surface area contributed by atoms with Crippen molar-refractivity contribution in [3.63, 3.8) is 0 Å². The van der Waals surface area contributed by atoms with Crippen molar-refractivity contribution in [1.29, 1.82) is 5.26 Å². The molecule has 0 unspecified atom stereocenters. The van der Waals surface area contributed by atoms with Crippen molar-refractivity contribution >= 4 is 5.69 Å². The maximum absolute atomic E-state index is 13.7. The zero-order valence-corrected chi connectivity index (χ0v) is 11.3. The lowest BCUT2D eigenvalue weighted by Gasteiger charge is -2.26. The Kier molecular flexibility index (Phi) is 4.55. The molecule has 18 heavy (non-hydrogen) atoms. The summed E-state index contributed by atoms with van der Waals surface area (Å²) in [4.78, 5) is 1.86. The van der Waals surface area contributed by atoms with Gasteiger partial charge in [-0.1, -0.05) is 0 Å². The maximum atomic E-state index is 13.7. The van der Waals surface area contributed by atoms with Gasteiger partial charge in [0.05, 0.1) is 18.1 Å². The highest BCUT2D eigenvalue weighted by molar-refractivity contribution is 5.49. The van der Waals surface area contributed by atoms with E-state index in [1.54, 1.807) is 12.1 Å². The Bertz CT molecular complexity index is 452. The predicted molar refractivity (Wildman–Crippen MR) is 70.2 cm³/mol. The minimum absolute atomic E-state index is 0.259. The van der Waals surface area contributed by atoms with Crippen LogP contribution in [-0.4, -0.2) is 20.2 Å². The van der Waals surface area contributed by atoms with Crippen molar-refractivity contribution in [3.05, 3.63) is 24.0 Å². The van der Waals surface area contributed by atoms with E-state index in [1.165, 1.54) is 6.07 Å². The Morgan fingerprint density at radius 2 is 2.11 bits per heavy atom. The average Bonchev–Trinajstić information content (AvgIpc) is 2.31. The Morgan fingerprint density at radius 3 is 2.61 bits per heavy atom. The lowest BCUT2D eigenvalue weighted by Crippen LogP contribution is -2.30. The molecule has 1 rings (SSSR count). The fraction of sp³-hybridized carbons (Fsp3) is 0.500. The van der Waals surface area contributed by atoms with E-state index >= 15 is 0 Å². The van der Waals surface area contributed by atoms with Crippen molar-refractivity contribution in [3.8, 4) is 11.8 Å². The van der Waals surface area contributed by atoms with E-state index in [0.29, 0.717) is 13.2 Å². The number of anilines is 1. The summed E-state index contributed by atoms with van der Waals surface area (Å²) in [6.07, 6.45) is 0. The summed E-state index contributed by atoms with van der Waals surface area (Å²) in [5.41, 5.74) is 0.267. The molecule has 1 aromatic carbocycles. The molecule has 98 valence electrons. The van der Waals surface area contributed by atoms with Crippen LogP contribution in [0.15, 0.2) is 18.2 Å². The summed E-state index contributed by atoms with van der Waals surface area (Å²) in [7, 11) is 1.84. The van der Waals surface area contributed by atoms with Crippen molar-refractivity contribution in [2.75, 3.05) is 25.1 Å². The predicted octanol–water partition coefficient (Wildman–Crippen LogP) is 3.21. The van der Waals surface area contributed by atoms with Gasteiger partial charge in [-0.05, 0) is 32.9 Å². The SMILES string of the molecule is CCOc1ccc(N(C)CC(C)(C)C#N)cc1F. The molecule has 0 heterocycles. The Labute approximate surface area is 108 Å². The van der Waals surface area contributed by atoms with Gasteiger partial charge in [-0.2, -0.15) is 5.26 Å². The van der Waals surface area contributed by atoms with Crippen LogP contribution >= 0.6 is 0 Å². The molecule has 0 aliphatic heterocycles. The standard InChI is InChI=1S/C14H19FN2O/c1-5-18-13-7-6-11(8-12(13)15)17(4)10-14(2,3)9-16/h6-8H,5,10H2,1-4H3. The third kappa shape index (κ3) is 3.63. The van der Waals surface area contributed by atoms with E-state index in [9.17, 15) is 4.39 Å². The molecular formula is C14H19FN2O. The van der Waals surface area contributed by atoms with E-state index in [2.05, 4.69) is 6.07 Å². The molecule has 0 fully saturated rings. The van der Waals surface area contributed by atoms with Gasteiger partial charge in [0.25, 0.3) is 0 Å². The number of halogens is 1. The first-order chi connectivity index (χ1) is 8.39. The molecule has 0 bridgehead atoms. The first-order valence-electron chi connectivity index (χ1n) is 5.94. The number of hydrogen-bond acceptors (Lipinski definition) is 3. The monoisotopic (exact) mass is 250 g/mol. The van der Waals surface area contributed by atoms with Gasteiger partial charge >= 0.3 is 0 Å². The molecule has 0 spiro atoms. The van der Waals surface area contributed by atoms with Gasteiger partial charge in [0.2, 0.25) is 0 Å². The van der Waals surface area contributed by atoms with Crippen molar-refractivity contribution in [2.45, 2.75) is 20.8 Å². The van der Waals surface area contributed by atoms with E-state index in [0.717, 1.165) is 5.69 Å². The first kappa shape index (κ1) is 14.3. The third-order valence-corrected chi connectivity index (χ3v) is 2.59. The second kappa shape index (κ2) is 5.72. The molecule has 0 saturated carbocycles. The first-order valence-corrected chi connectivity index (χ1v) is 5.94. The second-order valence-electron chi connectivity index (χ2n) is 4.90. The minimum Gasteiger partial charge on any atom is -0.491 e. The lowest BCUT2D eigenvalue weighted by molar-refractivity contribution is 0.321. The Morgan fingerprint density at radius 1 is 1.44 bits per heavy atom. The molecule has 0 amide bonds.